The Bertz CT molecular complexity index is 1360. The van der Waals surface area contributed by atoms with E-state index in [0.29, 0.717) is 38.7 Å². The van der Waals surface area contributed by atoms with E-state index >= 15 is 0 Å². The topological polar surface area (TPSA) is 51.1 Å². The SMILES string of the molecule is O=C(Cn1c2c(sc1=O)[C@H](c1cccc(Br)c1)C1C3CCC(C3)C1S2)Nc1ccc(Cl)c(Cl)c1. The van der Waals surface area contributed by atoms with Gasteiger partial charge in [-0.15, -0.1) is 11.8 Å². The first-order valence-electron chi connectivity index (χ1n) is 11.3. The van der Waals surface area contributed by atoms with Gasteiger partial charge in [-0.3, -0.25) is 14.2 Å². The number of halogens is 3. The zero-order valence-electron chi connectivity index (χ0n) is 18.0. The lowest BCUT2D eigenvalue weighted by molar-refractivity contribution is -0.116. The molecule has 2 heterocycles. The lowest BCUT2D eigenvalue weighted by Crippen LogP contribution is -2.34. The van der Waals surface area contributed by atoms with Gasteiger partial charge in [-0.05, 0) is 72.9 Å². The molecule has 2 fully saturated rings. The number of aromatic nitrogens is 1. The van der Waals surface area contributed by atoms with Crippen molar-refractivity contribution in [1.82, 2.24) is 4.57 Å². The molecular formula is C25H21BrCl2N2O2S2. The molecule has 9 heteroatoms. The van der Waals surface area contributed by atoms with Gasteiger partial charge in [-0.1, -0.05) is 62.6 Å². The van der Waals surface area contributed by atoms with Crippen molar-refractivity contribution in [1.29, 1.82) is 0 Å². The van der Waals surface area contributed by atoms with Crippen LogP contribution in [0.1, 0.15) is 35.6 Å². The van der Waals surface area contributed by atoms with Crippen LogP contribution in [0.3, 0.4) is 0 Å². The Kier molecular flexibility index (Phi) is 6.13. The van der Waals surface area contributed by atoms with Gasteiger partial charge in [0.2, 0.25) is 5.91 Å². The van der Waals surface area contributed by atoms with Crippen LogP contribution in [0.15, 0.2) is 56.8 Å². The summed E-state index contributed by atoms with van der Waals surface area (Å²) in [5.41, 5.74) is 1.82. The van der Waals surface area contributed by atoms with Crippen molar-refractivity contribution in [3.8, 4) is 0 Å². The van der Waals surface area contributed by atoms with Gasteiger partial charge in [-0.2, -0.15) is 0 Å². The van der Waals surface area contributed by atoms with Gasteiger partial charge in [0, 0.05) is 26.2 Å². The fourth-order valence-electron chi connectivity index (χ4n) is 6.08. The molecule has 1 aromatic heterocycles. The molecule has 4 nitrogen and oxygen atoms in total. The van der Waals surface area contributed by atoms with Gasteiger partial charge in [0.25, 0.3) is 0 Å². The van der Waals surface area contributed by atoms with Crippen molar-refractivity contribution < 1.29 is 4.79 Å². The molecule has 3 aromatic rings. The fraction of sp³-hybridized carbons (Fsp3) is 0.360. The molecule has 5 atom stereocenters. The quantitative estimate of drug-likeness (QED) is 0.345. The minimum Gasteiger partial charge on any atom is -0.324 e. The largest absolute Gasteiger partial charge is 0.324 e. The maximum Gasteiger partial charge on any atom is 0.308 e. The molecule has 2 saturated carbocycles. The van der Waals surface area contributed by atoms with E-state index in [1.807, 2.05) is 17.8 Å². The van der Waals surface area contributed by atoms with Crippen LogP contribution in [0.4, 0.5) is 5.69 Å². The number of hydrogen-bond acceptors (Lipinski definition) is 4. The number of nitrogens with one attached hydrogen (secondary N) is 1. The first-order valence-corrected chi connectivity index (χ1v) is 14.5. The summed E-state index contributed by atoms with van der Waals surface area (Å²) in [4.78, 5) is 27.1. The Hall–Kier alpha value is -1.25. The Morgan fingerprint density at radius 3 is 2.74 bits per heavy atom. The van der Waals surface area contributed by atoms with Crippen LogP contribution >= 0.6 is 62.2 Å². The van der Waals surface area contributed by atoms with Gasteiger partial charge >= 0.3 is 4.87 Å². The first kappa shape index (κ1) is 23.2. The molecule has 2 aromatic carbocycles. The normalized spacial score (nSPS) is 26.9. The summed E-state index contributed by atoms with van der Waals surface area (Å²) in [7, 11) is 0. The van der Waals surface area contributed by atoms with Crippen molar-refractivity contribution in [2.45, 2.75) is 42.0 Å². The number of rotatable bonds is 4. The number of amides is 1. The molecule has 3 aliphatic rings. The number of hydrogen-bond donors (Lipinski definition) is 1. The molecule has 176 valence electrons. The molecule has 0 spiro atoms. The second-order valence-electron chi connectivity index (χ2n) is 9.33. The number of carbonyl (C=O) groups is 1. The average molecular weight is 596 g/mol. The summed E-state index contributed by atoms with van der Waals surface area (Å²) in [6, 6.07) is 13.5. The number of thiazole rings is 1. The van der Waals surface area contributed by atoms with Crippen molar-refractivity contribution in [2.75, 3.05) is 5.32 Å². The lowest BCUT2D eigenvalue weighted by Gasteiger charge is -2.40. The minimum atomic E-state index is -0.254. The van der Waals surface area contributed by atoms with E-state index in [4.69, 9.17) is 23.2 Å². The molecule has 1 aliphatic heterocycles. The summed E-state index contributed by atoms with van der Waals surface area (Å²) >= 11 is 18.8. The van der Waals surface area contributed by atoms with Gasteiger partial charge in [-0.25, -0.2) is 0 Å². The van der Waals surface area contributed by atoms with Crippen LogP contribution in [-0.4, -0.2) is 15.7 Å². The van der Waals surface area contributed by atoms with E-state index in [0.717, 1.165) is 14.4 Å². The van der Waals surface area contributed by atoms with E-state index in [2.05, 4.69) is 39.4 Å². The van der Waals surface area contributed by atoms with Crippen molar-refractivity contribution in [2.24, 2.45) is 17.8 Å². The van der Waals surface area contributed by atoms with Gasteiger partial charge in [0.1, 0.15) is 6.54 Å². The molecule has 2 aliphatic carbocycles. The Morgan fingerprint density at radius 1 is 1.12 bits per heavy atom. The second-order valence-corrected chi connectivity index (χ2v) is 13.2. The molecule has 0 saturated heterocycles. The summed E-state index contributed by atoms with van der Waals surface area (Å²) in [5.74, 6) is 1.89. The zero-order chi connectivity index (χ0) is 23.6. The number of anilines is 1. The van der Waals surface area contributed by atoms with E-state index in [-0.39, 0.29) is 23.2 Å². The Labute approximate surface area is 224 Å². The maximum absolute atomic E-state index is 13.2. The highest BCUT2D eigenvalue weighted by Crippen LogP contribution is 2.64. The summed E-state index contributed by atoms with van der Waals surface area (Å²) in [6.45, 7) is -0.0192. The molecule has 1 N–H and O–H groups in total. The summed E-state index contributed by atoms with van der Waals surface area (Å²) in [5, 5.41) is 5.12. The van der Waals surface area contributed by atoms with Gasteiger partial charge in [0.05, 0.1) is 15.1 Å². The summed E-state index contributed by atoms with van der Waals surface area (Å²) in [6.07, 6.45) is 3.84. The van der Waals surface area contributed by atoms with Crippen molar-refractivity contribution >= 4 is 73.8 Å². The molecule has 0 radical (unpaired) electrons. The van der Waals surface area contributed by atoms with Crippen molar-refractivity contribution in [3.63, 3.8) is 0 Å². The molecule has 1 amide bonds. The Balaban J connectivity index is 1.36. The highest BCUT2D eigenvalue weighted by atomic mass is 79.9. The van der Waals surface area contributed by atoms with E-state index < -0.39 is 0 Å². The molecule has 4 unspecified atom stereocenters. The number of thioether (sulfide) groups is 1. The number of benzene rings is 2. The first-order chi connectivity index (χ1) is 16.4. The predicted octanol–water partition coefficient (Wildman–Crippen LogP) is 7.27. The van der Waals surface area contributed by atoms with Crippen LogP contribution < -0.4 is 10.2 Å². The number of fused-ring (bicyclic) bond motifs is 6. The van der Waals surface area contributed by atoms with Crippen LogP contribution in [0, 0.1) is 17.8 Å². The monoisotopic (exact) mass is 594 g/mol. The van der Waals surface area contributed by atoms with Gasteiger partial charge < -0.3 is 5.32 Å². The van der Waals surface area contributed by atoms with E-state index in [9.17, 15) is 9.59 Å². The Morgan fingerprint density at radius 2 is 1.94 bits per heavy atom. The maximum atomic E-state index is 13.2. The second kappa shape index (κ2) is 9.00. The third-order valence-electron chi connectivity index (χ3n) is 7.40. The smallest absolute Gasteiger partial charge is 0.308 e. The highest BCUT2D eigenvalue weighted by Gasteiger charge is 2.55. The molecule has 6 rings (SSSR count). The molecular weight excluding hydrogens is 575 g/mol. The predicted molar refractivity (Wildman–Crippen MR) is 144 cm³/mol. The number of nitrogens with zero attached hydrogens (tertiary/aromatic N) is 1. The highest BCUT2D eigenvalue weighted by molar-refractivity contribution is 9.10. The number of carbonyl (C=O) groups excluding carboxylic acids is 1. The zero-order valence-corrected chi connectivity index (χ0v) is 22.7. The third-order valence-corrected chi connectivity index (χ3v) is 11.5. The van der Waals surface area contributed by atoms with Crippen LogP contribution in [0.5, 0.6) is 0 Å². The fourth-order valence-corrected chi connectivity index (χ4v) is 9.94. The van der Waals surface area contributed by atoms with Gasteiger partial charge in [0.15, 0.2) is 0 Å². The average Bonchev–Trinajstić information content (AvgIpc) is 3.49. The lowest BCUT2D eigenvalue weighted by atomic mass is 9.75. The third kappa shape index (κ3) is 3.97. The molecule has 34 heavy (non-hydrogen) atoms. The van der Waals surface area contributed by atoms with Crippen LogP contribution in [0.25, 0.3) is 0 Å². The standard InChI is InChI=1S/C25H21BrCl2N2O2S2/c26-15-3-1-2-12(9-15)21-20-13-4-5-14(8-13)22(20)33-24-23(21)34-25(32)30(24)11-19(31)29-16-6-7-17(27)18(28)10-16/h1-3,6-7,9-10,13-14,20-22H,4-5,8,11H2,(H,29,31)/t13?,14?,20?,21-,22?/m1/s1. The van der Waals surface area contributed by atoms with Crippen LogP contribution in [-0.2, 0) is 11.3 Å². The summed E-state index contributed by atoms with van der Waals surface area (Å²) < 4.78 is 2.72. The van der Waals surface area contributed by atoms with Crippen molar-refractivity contribution in [3.05, 3.63) is 77.1 Å². The van der Waals surface area contributed by atoms with E-state index in [1.54, 1.807) is 22.8 Å². The minimum absolute atomic E-state index is 0.0192. The van der Waals surface area contributed by atoms with Crippen LogP contribution in [0.2, 0.25) is 10.0 Å². The van der Waals surface area contributed by atoms with E-state index in [1.165, 1.54) is 36.2 Å². The molecule has 2 bridgehead atoms.